The maximum absolute atomic E-state index is 6.25. The zero-order valence-electron chi connectivity index (χ0n) is 13.0. The summed E-state index contributed by atoms with van der Waals surface area (Å²) in [5.41, 5.74) is 0. The van der Waals surface area contributed by atoms with Crippen LogP contribution in [0.2, 0.25) is 0 Å². The summed E-state index contributed by atoms with van der Waals surface area (Å²) in [6.45, 7) is 57.0. The molecule has 0 saturated heterocycles. The number of hydrogen-bond acceptors (Lipinski definition) is 12. The molecular weight excluding hydrogens is 600 g/mol. The van der Waals surface area contributed by atoms with Crippen molar-refractivity contribution in [1.82, 2.24) is 0 Å². The largest absolute Gasteiger partial charge is 2.00 e. The van der Waals surface area contributed by atoms with Gasteiger partial charge >= 0.3 is 70.3 Å². The van der Waals surface area contributed by atoms with E-state index in [0.717, 1.165) is 0 Å². The zero-order valence-corrected chi connectivity index (χ0v) is 18.2. The van der Waals surface area contributed by atoms with Crippen molar-refractivity contribution >= 4 is 0 Å². The Hall–Kier alpha value is -3.60. The van der Waals surface area contributed by atoms with Crippen LogP contribution in [-0.2, 0) is 70.3 Å². The van der Waals surface area contributed by atoms with Gasteiger partial charge in [-0.2, -0.15) is 0 Å². The molecule has 0 aliphatic rings. The van der Waals surface area contributed by atoms with Crippen LogP contribution in [0.5, 0.6) is 0 Å². The summed E-state index contributed by atoms with van der Waals surface area (Å²) in [5, 5.41) is 75.0. The molecule has 0 N–H and O–H groups in total. The van der Waals surface area contributed by atoms with E-state index in [9.17, 15) is 0 Å². The molecule has 0 aliphatic heterocycles. The van der Waals surface area contributed by atoms with Gasteiger partial charge in [0.15, 0.2) is 0 Å². The van der Waals surface area contributed by atoms with E-state index in [1.807, 2.05) is 0 Å². The van der Waals surface area contributed by atoms with Crippen molar-refractivity contribution in [2.45, 2.75) is 0 Å². The molecule has 0 heterocycles. The molecule has 0 rings (SSSR count). The Kier molecular flexibility index (Phi) is 4970. The first kappa shape index (κ1) is 140. The van der Waals surface area contributed by atoms with E-state index in [0.29, 0.717) is 0 Å². The first-order chi connectivity index (χ1) is 14.0. The van der Waals surface area contributed by atoms with Gasteiger partial charge in [-0.3, -0.25) is 0 Å². The second-order valence-corrected chi connectivity index (χ2v) is 0. The second-order valence-electron chi connectivity index (χ2n) is 0. The molecule has 0 radical (unpaired) electrons. The molecule has 164 valence electrons. The molecule has 0 aromatic carbocycles. The maximum Gasteiger partial charge on any atom is 2.00 e. The summed E-state index contributed by atoms with van der Waals surface area (Å²) < 4.78 is 0. The quantitative estimate of drug-likeness (QED) is 0.279. The van der Waals surface area contributed by atoms with Crippen molar-refractivity contribution in [3.8, 4) is 0 Å². The molecule has 0 unspecified atom stereocenters. The summed E-state index contributed by atoms with van der Waals surface area (Å²) in [7, 11) is 0. The summed E-state index contributed by atoms with van der Waals surface area (Å²) in [6.07, 6.45) is 0. The minimum Gasteiger partial charge on any atom is 2.00 e. The molecule has 0 bridgehead atoms. The Morgan fingerprint density at radius 1 is 0.241 bits per heavy atom. The Balaban J connectivity index is -0.00000000558. The SMILES string of the molecule is [C-]#N.[C-]#N.[C-]#N.[C-]#N.[C-]#N.[C-]#N.[C-]#N.[C-]#N.[C-]#N.[C-]#N.[C-]#N.[C-]#N.[Fe]=[Ni].[Fe]=[Ni].[Ni+2]. The van der Waals surface area contributed by atoms with Gasteiger partial charge < -0.3 is 142 Å². The molecule has 0 aromatic rings. The van der Waals surface area contributed by atoms with Gasteiger partial charge in [0.2, 0.25) is 0 Å². The first-order valence-corrected chi connectivity index (χ1v) is 6.48. The molecule has 0 saturated carbocycles. The van der Waals surface area contributed by atoms with Crippen molar-refractivity contribution in [1.29, 1.82) is 63.1 Å². The minimum absolute atomic E-state index is 0. The Morgan fingerprint density at radius 3 is 0.241 bits per heavy atom. The van der Waals surface area contributed by atoms with Gasteiger partial charge in [0.25, 0.3) is 0 Å². The van der Waals surface area contributed by atoms with E-state index in [-0.39, 0.29) is 16.5 Å². The Morgan fingerprint density at radius 2 is 0.241 bits per heavy atom. The molecule has 0 fully saturated rings. The summed E-state index contributed by atoms with van der Waals surface area (Å²) in [5.74, 6) is 0. The van der Waals surface area contributed by atoms with Crippen LogP contribution in [0.4, 0.5) is 0 Å². The normalized spacial score (nSPS) is 1.31. The minimum atomic E-state index is 0. The van der Waals surface area contributed by atoms with Gasteiger partial charge in [0.05, 0.1) is 0 Å². The van der Waals surface area contributed by atoms with Crippen LogP contribution < -0.4 is 0 Å². The maximum atomic E-state index is 6.25. The van der Waals surface area contributed by atoms with Gasteiger partial charge in [-0.1, -0.05) is 0 Å². The van der Waals surface area contributed by atoms with Gasteiger partial charge in [0, 0.05) is 0 Å². The van der Waals surface area contributed by atoms with E-state index in [1.54, 1.807) is 0 Å². The molecule has 0 atom stereocenters. The van der Waals surface area contributed by atoms with Crippen LogP contribution in [0.1, 0.15) is 0 Å². The fraction of sp³-hybridized carbons (Fsp3) is 0. The molecule has 0 aromatic heterocycles. The van der Waals surface area contributed by atoms with Gasteiger partial charge in [0.1, 0.15) is 0 Å². The van der Waals surface area contributed by atoms with E-state index in [4.69, 9.17) is 142 Å². The summed E-state index contributed by atoms with van der Waals surface area (Å²) in [6, 6.07) is 0. The third-order valence-electron chi connectivity index (χ3n) is 0. The molecular formula is C12Fe2N12Ni3-10. The summed E-state index contributed by atoms with van der Waals surface area (Å²) in [4.78, 5) is 0. The standard InChI is InChI=1S/12CN.2Fe.3Ni/c12*1-2;;;;;/q12*-1;;;;;+2. The number of rotatable bonds is 0. The van der Waals surface area contributed by atoms with Crippen LogP contribution in [0.3, 0.4) is 0 Å². The topological polar surface area (TPSA) is 285 Å². The van der Waals surface area contributed by atoms with E-state index < -0.39 is 0 Å². The number of nitrogens with zero attached hydrogens (tertiary/aromatic N) is 12. The molecule has 0 aliphatic carbocycles. The van der Waals surface area contributed by atoms with Crippen molar-refractivity contribution in [2.24, 2.45) is 0 Å². The van der Waals surface area contributed by atoms with Crippen molar-refractivity contribution in [3.63, 3.8) is 0 Å². The van der Waals surface area contributed by atoms with Crippen LogP contribution in [0, 0.1) is 142 Å². The number of hydrogen-bond donors (Lipinski definition) is 0. The fourth-order valence-corrected chi connectivity index (χ4v) is 0. The van der Waals surface area contributed by atoms with Crippen LogP contribution in [-0.4, -0.2) is 0 Å². The van der Waals surface area contributed by atoms with Crippen LogP contribution >= 0.6 is 0 Å². The third kappa shape index (κ3) is 944. The summed E-state index contributed by atoms with van der Waals surface area (Å²) >= 11 is 13.0. The van der Waals surface area contributed by atoms with Crippen molar-refractivity contribution in [2.75, 3.05) is 0 Å². The van der Waals surface area contributed by atoms with Crippen LogP contribution in [0.15, 0.2) is 0 Å². The van der Waals surface area contributed by atoms with Gasteiger partial charge in [-0.25, -0.2) is 0 Å². The third-order valence-corrected chi connectivity index (χ3v) is 0. The van der Waals surface area contributed by atoms with E-state index in [1.165, 1.54) is 0 Å². The average molecular weight is 600 g/mol. The fourth-order valence-electron chi connectivity index (χ4n) is 0. The molecule has 29 heavy (non-hydrogen) atoms. The predicted molar refractivity (Wildman–Crippen MR) is 59.6 cm³/mol. The molecule has 0 amide bonds. The van der Waals surface area contributed by atoms with E-state index >= 15 is 0 Å². The van der Waals surface area contributed by atoms with Crippen LogP contribution in [0.25, 0.3) is 0 Å². The van der Waals surface area contributed by atoms with Crippen molar-refractivity contribution in [3.05, 3.63) is 78.9 Å². The Labute approximate surface area is 211 Å². The smallest absolute Gasteiger partial charge is 2.00 e. The van der Waals surface area contributed by atoms with Crippen molar-refractivity contribution < 1.29 is 70.3 Å². The van der Waals surface area contributed by atoms with Gasteiger partial charge in [-0.05, 0) is 0 Å². The zero-order chi connectivity index (χ0) is 28.0. The molecule has 17 heteroatoms. The predicted octanol–water partition coefficient (Wildman–Crippen LogP) is 1.14. The Bertz CT molecular complexity index is 259. The molecule has 0 spiro atoms. The van der Waals surface area contributed by atoms with E-state index in [2.05, 4.69) is 53.8 Å². The first-order valence-electron chi connectivity index (χ1n) is 2.91. The monoisotopic (exact) mass is 598 g/mol. The average Bonchev–Trinajstić information content (AvgIpc) is 2.95. The van der Waals surface area contributed by atoms with Gasteiger partial charge in [-0.15, -0.1) is 0 Å². The second kappa shape index (κ2) is 1030. The molecule has 12 nitrogen and oxygen atoms in total.